The highest BCUT2D eigenvalue weighted by Crippen LogP contribution is 2.20. The standard InChI is InChI=1S/C19H24FN5O2S.HI/c1-22-19(23-14-15-5-4-6-16(13-15)28(21,26)27)25-11-9-24(10-12-25)18-8-3-2-7-17(18)20;/h2-8,13H,9-12,14H2,1H3,(H,22,23)(H2,21,26,27);1H. The molecule has 10 heteroatoms. The first-order valence-corrected chi connectivity index (χ1v) is 10.5. The third-order valence-corrected chi connectivity index (χ3v) is 5.57. The van der Waals surface area contributed by atoms with Gasteiger partial charge in [-0.2, -0.15) is 0 Å². The van der Waals surface area contributed by atoms with E-state index in [-0.39, 0.29) is 34.7 Å². The van der Waals surface area contributed by atoms with Gasteiger partial charge in [0.25, 0.3) is 0 Å². The molecular formula is C19H25FIN5O2S. The molecule has 1 aliphatic rings. The second-order valence-corrected chi connectivity index (χ2v) is 8.08. The zero-order chi connectivity index (χ0) is 20.1. The highest BCUT2D eigenvalue weighted by Gasteiger charge is 2.21. The number of para-hydroxylation sites is 1. The molecule has 3 rings (SSSR count). The molecule has 29 heavy (non-hydrogen) atoms. The van der Waals surface area contributed by atoms with Gasteiger partial charge in [0.05, 0.1) is 10.6 Å². The van der Waals surface area contributed by atoms with Gasteiger partial charge in [0, 0.05) is 39.8 Å². The van der Waals surface area contributed by atoms with Crippen molar-refractivity contribution in [3.05, 3.63) is 59.9 Å². The number of hydrogen-bond acceptors (Lipinski definition) is 4. The number of piperazine rings is 1. The molecule has 0 saturated carbocycles. The van der Waals surface area contributed by atoms with E-state index in [2.05, 4.69) is 15.2 Å². The Bertz CT molecular complexity index is 963. The number of halogens is 2. The number of sulfonamides is 1. The first kappa shape index (κ1) is 23.4. The minimum absolute atomic E-state index is 0. The minimum Gasteiger partial charge on any atom is -0.366 e. The largest absolute Gasteiger partial charge is 0.366 e. The average Bonchev–Trinajstić information content (AvgIpc) is 2.69. The van der Waals surface area contributed by atoms with Crippen LogP contribution in [-0.2, 0) is 16.6 Å². The van der Waals surface area contributed by atoms with Crippen LogP contribution in [0.3, 0.4) is 0 Å². The lowest BCUT2D eigenvalue weighted by molar-refractivity contribution is 0.370. The third-order valence-electron chi connectivity index (χ3n) is 4.66. The van der Waals surface area contributed by atoms with Gasteiger partial charge in [0.2, 0.25) is 10.0 Å². The van der Waals surface area contributed by atoms with Crippen molar-refractivity contribution in [1.29, 1.82) is 0 Å². The van der Waals surface area contributed by atoms with E-state index in [4.69, 9.17) is 5.14 Å². The van der Waals surface area contributed by atoms with Crippen LogP contribution in [0.2, 0.25) is 0 Å². The zero-order valence-corrected chi connectivity index (χ0v) is 19.2. The summed E-state index contributed by atoms with van der Waals surface area (Å²) >= 11 is 0. The molecule has 0 spiro atoms. The van der Waals surface area contributed by atoms with Crippen molar-refractivity contribution in [1.82, 2.24) is 10.2 Å². The Hall–Kier alpha value is -1.92. The summed E-state index contributed by atoms with van der Waals surface area (Å²) in [5.74, 6) is 0.502. The van der Waals surface area contributed by atoms with Crippen LogP contribution in [0.15, 0.2) is 58.4 Å². The van der Waals surface area contributed by atoms with Gasteiger partial charge in [0.1, 0.15) is 5.82 Å². The lowest BCUT2D eigenvalue weighted by atomic mass is 10.2. The Morgan fingerprint density at radius 2 is 1.83 bits per heavy atom. The molecule has 1 aliphatic heterocycles. The summed E-state index contributed by atoms with van der Waals surface area (Å²) in [4.78, 5) is 8.51. The summed E-state index contributed by atoms with van der Waals surface area (Å²) in [6.07, 6.45) is 0. The summed E-state index contributed by atoms with van der Waals surface area (Å²) in [5, 5.41) is 8.43. The number of aliphatic imine (C=N–C) groups is 1. The van der Waals surface area contributed by atoms with Crippen molar-refractivity contribution in [3.8, 4) is 0 Å². The number of guanidine groups is 1. The average molecular weight is 533 g/mol. The lowest BCUT2D eigenvalue weighted by Gasteiger charge is -2.37. The first-order valence-electron chi connectivity index (χ1n) is 8.95. The first-order chi connectivity index (χ1) is 13.4. The van der Waals surface area contributed by atoms with Crippen molar-refractivity contribution < 1.29 is 12.8 Å². The van der Waals surface area contributed by atoms with Crippen molar-refractivity contribution in [2.24, 2.45) is 10.1 Å². The van der Waals surface area contributed by atoms with Gasteiger partial charge in [0.15, 0.2) is 5.96 Å². The molecule has 158 valence electrons. The van der Waals surface area contributed by atoms with Crippen LogP contribution in [0.25, 0.3) is 0 Å². The molecule has 0 amide bonds. The number of nitrogens with two attached hydrogens (primary N) is 1. The fourth-order valence-corrected chi connectivity index (χ4v) is 3.80. The molecule has 0 atom stereocenters. The van der Waals surface area contributed by atoms with Gasteiger partial charge in [-0.05, 0) is 29.8 Å². The molecule has 0 bridgehead atoms. The quantitative estimate of drug-likeness (QED) is 0.357. The van der Waals surface area contributed by atoms with E-state index in [9.17, 15) is 12.8 Å². The molecule has 2 aromatic rings. The van der Waals surface area contributed by atoms with Crippen LogP contribution in [0, 0.1) is 5.82 Å². The van der Waals surface area contributed by atoms with Gasteiger partial charge in [-0.25, -0.2) is 17.9 Å². The van der Waals surface area contributed by atoms with E-state index < -0.39 is 10.0 Å². The highest BCUT2D eigenvalue weighted by atomic mass is 127. The Balaban J connectivity index is 0.00000300. The Morgan fingerprint density at radius 1 is 1.14 bits per heavy atom. The highest BCUT2D eigenvalue weighted by molar-refractivity contribution is 14.0. The molecule has 1 saturated heterocycles. The number of primary sulfonamides is 1. The van der Waals surface area contributed by atoms with Crippen molar-refractivity contribution in [3.63, 3.8) is 0 Å². The Kier molecular flexibility index (Phi) is 8.23. The van der Waals surface area contributed by atoms with Crippen LogP contribution >= 0.6 is 24.0 Å². The number of nitrogens with one attached hydrogen (secondary N) is 1. The number of nitrogens with zero attached hydrogens (tertiary/aromatic N) is 3. The molecule has 1 heterocycles. The van der Waals surface area contributed by atoms with Crippen LogP contribution in [0.5, 0.6) is 0 Å². The predicted octanol–water partition coefficient (Wildman–Crippen LogP) is 1.99. The molecule has 0 aliphatic carbocycles. The monoisotopic (exact) mass is 533 g/mol. The predicted molar refractivity (Wildman–Crippen MR) is 124 cm³/mol. The van der Waals surface area contributed by atoms with Crippen LogP contribution in [-0.4, -0.2) is 52.5 Å². The molecule has 2 aromatic carbocycles. The van der Waals surface area contributed by atoms with Gasteiger partial charge >= 0.3 is 0 Å². The second kappa shape index (κ2) is 10.2. The fourth-order valence-electron chi connectivity index (χ4n) is 3.21. The number of benzene rings is 2. The second-order valence-electron chi connectivity index (χ2n) is 6.52. The number of anilines is 1. The summed E-state index contributed by atoms with van der Waals surface area (Å²) in [7, 11) is -2.03. The van der Waals surface area contributed by atoms with Gasteiger partial charge < -0.3 is 15.1 Å². The fraction of sp³-hybridized carbons (Fsp3) is 0.316. The maximum atomic E-state index is 14.0. The van der Waals surface area contributed by atoms with Crippen LogP contribution in [0.1, 0.15) is 5.56 Å². The molecular weight excluding hydrogens is 508 g/mol. The van der Waals surface area contributed by atoms with Crippen LogP contribution < -0.4 is 15.4 Å². The SMILES string of the molecule is CN=C(NCc1cccc(S(N)(=O)=O)c1)N1CCN(c2ccccc2F)CC1.I. The summed E-state index contributed by atoms with van der Waals surface area (Å²) < 4.78 is 37.0. The van der Waals surface area contributed by atoms with E-state index in [1.54, 1.807) is 31.3 Å². The molecule has 0 aromatic heterocycles. The Morgan fingerprint density at radius 3 is 2.45 bits per heavy atom. The maximum Gasteiger partial charge on any atom is 0.238 e. The molecule has 7 nitrogen and oxygen atoms in total. The molecule has 0 unspecified atom stereocenters. The minimum atomic E-state index is -3.73. The summed E-state index contributed by atoms with van der Waals surface area (Å²) in [6.45, 7) is 3.19. The molecule has 0 radical (unpaired) electrons. The molecule has 3 N–H and O–H groups in total. The number of rotatable bonds is 4. The van der Waals surface area contributed by atoms with Crippen molar-refractivity contribution in [2.45, 2.75) is 11.4 Å². The summed E-state index contributed by atoms with van der Waals surface area (Å²) in [6, 6.07) is 13.3. The topological polar surface area (TPSA) is 91.0 Å². The van der Waals surface area contributed by atoms with Crippen molar-refractivity contribution >= 4 is 45.6 Å². The number of hydrogen-bond donors (Lipinski definition) is 2. The Labute approximate surface area is 187 Å². The van der Waals surface area contributed by atoms with Gasteiger partial charge in [-0.3, -0.25) is 4.99 Å². The lowest BCUT2D eigenvalue weighted by Crippen LogP contribution is -2.52. The van der Waals surface area contributed by atoms with E-state index >= 15 is 0 Å². The van der Waals surface area contributed by atoms with E-state index in [1.165, 1.54) is 12.1 Å². The molecule has 1 fully saturated rings. The third kappa shape index (κ3) is 6.03. The normalized spacial score (nSPS) is 15.1. The zero-order valence-electron chi connectivity index (χ0n) is 16.1. The van der Waals surface area contributed by atoms with E-state index in [0.717, 1.165) is 5.56 Å². The smallest absolute Gasteiger partial charge is 0.238 e. The van der Waals surface area contributed by atoms with Gasteiger partial charge in [-0.15, -0.1) is 24.0 Å². The van der Waals surface area contributed by atoms with E-state index in [0.29, 0.717) is 44.4 Å². The van der Waals surface area contributed by atoms with Gasteiger partial charge in [-0.1, -0.05) is 24.3 Å². The van der Waals surface area contributed by atoms with Crippen molar-refractivity contribution in [2.75, 3.05) is 38.1 Å². The summed E-state index contributed by atoms with van der Waals surface area (Å²) in [5.41, 5.74) is 1.41. The maximum absolute atomic E-state index is 14.0. The van der Waals surface area contributed by atoms with E-state index in [1.807, 2.05) is 17.0 Å². The van der Waals surface area contributed by atoms with Crippen LogP contribution in [0.4, 0.5) is 10.1 Å².